The Morgan fingerprint density at radius 1 is 1.21 bits per heavy atom. The fraction of sp³-hybridized carbons (Fsp3) is 0.240. The van der Waals surface area contributed by atoms with Gasteiger partial charge in [0.25, 0.3) is 11.5 Å². The van der Waals surface area contributed by atoms with Crippen molar-refractivity contribution < 1.29 is 18.3 Å². The van der Waals surface area contributed by atoms with Gasteiger partial charge < -0.3 is 14.8 Å². The second-order valence-electron chi connectivity index (χ2n) is 8.22. The van der Waals surface area contributed by atoms with Crippen LogP contribution in [-0.4, -0.2) is 40.7 Å². The summed E-state index contributed by atoms with van der Waals surface area (Å²) in [5, 5.41) is 3.15. The van der Waals surface area contributed by atoms with Crippen LogP contribution in [0.25, 0.3) is 27.7 Å². The Labute approximate surface area is 194 Å². The minimum atomic E-state index is -2.93. The number of nitrogens with zero attached hydrogens (tertiary/aromatic N) is 3. The molecule has 0 radical (unpaired) electrons. The number of pyridine rings is 1. The predicted octanol–water partition coefficient (Wildman–Crippen LogP) is 4.46. The Morgan fingerprint density at radius 2 is 2.00 bits per heavy atom. The van der Waals surface area contributed by atoms with Crippen LogP contribution in [0.1, 0.15) is 12.5 Å². The van der Waals surface area contributed by atoms with Gasteiger partial charge >= 0.3 is 0 Å². The molecule has 1 N–H and O–H groups in total. The van der Waals surface area contributed by atoms with Crippen molar-refractivity contribution in [2.75, 3.05) is 25.6 Å². The summed E-state index contributed by atoms with van der Waals surface area (Å²) < 4.78 is 39.1. The smallest absolute Gasteiger partial charge is 0.265 e. The molecular weight excluding hydrogens is 442 g/mol. The van der Waals surface area contributed by atoms with E-state index in [4.69, 9.17) is 9.47 Å². The summed E-state index contributed by atoms with van der Waals surface area (Å²) in [6, 6.07) is 12.7. The van der Waals surface area contributed by atoms with Gasteiger partial charge in [0.15, 0.2) is 0 Å². The first-order valence-corrected chi connectivity index (χ1v) is 10.8. The second-order valence-corrected chi connectivity index (χ2v) is 8.22. The highest BCUT2D eigenvalue weighted by Crippen LogP contribution is 2.30. The van der Waals surface area contributed by atoms with Crippen molar-refractivity contribution in [3.8, 4) is 28.3 Å². The third kappa shape index (κ3) is 4.16. The van der Waals surface area contributed by atoms with E-state index in [1.54, 1.807) is 42.1 Å². The van der Waals surface area contributed by atoms with Crippen LogP contribution in [0.2, 0.25) is 0 Å². The van der Waals surface area contributed by atoms with E-state index in [1.165, 1.54) is 6.20 Å². The first-order valence-electron chi connectivity index (χ1n) is 10.8. The molecule has 1 aliphatic rings. The van der Waals surface area contributed by atoms with Gasteiger partial charge in [-0.2, -0.15) is 0 Å². The maximum absolute atomic E-state index is 13.8. The van der Waals surface area contributed by atoms with Gasteiger partial charge in [-0.05, 0) is 41.5 Å². The van der Waals surface area contributed by atoms with Crippen LogP contribution in [0.15, 0.2) is 59.7 Å². The Kier molecular flexibility index (Phi) is 5.39. The SMILES string of the molecule is COc1ccc(-c2c(=O)n(-c3ccc4c(c3)CCO4)cc3cnc(NCC(C)(F)F)nc23)cc1. The number of halogens is 2. The van der Waals surface area contributed by atoms with Crippen molar-refractivity contribution >= 4 is 16.9 Å². The summed E-state index contributed by atoms with van der Waals surface area (Å²) in [7, 11) is 1.56. The third-order valence-electron chi connectivity index (χ3n) is 5.64. The highest BCUT2D eigenvalue weighted by atomic mass is 19.3. The maximum Gasteiger partial charge on any atom is 0.265 e. The van der Waals surface area contributed by atoms with Gasteiger partial charge in [0.2, 0.25) is 5.95 Å². The normalized spacial score (nSPS) is 12.9. The van der Waals surface area contributed by atoms with Gasteiger partial charge in [0, 0.05) is 36.8 Å². The van der Waals surface area contributed by atoms with Crippen LogP contribution in [-0.2, 0) is 6.42 Å². The highest BCUT2D eigenvalue weighted by molar-refractivity contribution is 5.93. The van der Waals surface area contributed by atoms with E-state index in [1.807, 2.05) is 18.2 Å². The molecule has 4 aromatic rings. The predicted molar refractivity (Wildman–Crippen MR) is 125 cm³/mol. The number of alkyl halides is 2. The van der Waals surface area contributed by atoms with Gasteiger partial charge in [0.1, 0.15) is 11.5 Å². The van der Waals surface area contributed by atoms with Crippen LogP contribution < -0.4 is 20.3 Å². The molecule has 3 heterocycles. The highest BCUT2D eigenvalue weighted by Gasteiger charge is 2.22. The van der Waals surface area contributed by atoms with E-state index in [-0.39, 0.29) is 11.5 Å². The zero-order valence-corrected chi connectivity index (χ0v) is 18.6. The number of hydrogen-bond acceptors (Lipinski definition) is 6. The molecule has 0 spiro atoms. The van der Waals surface area contributed by atoms with Crippen LogP contribution >= 0.6 is 0 Å². The number of rotatable bonds is 6. The number of benzene rings is 2. The van der Waals surface area contributed by atoms with Crippen molar-refractivity contribution in [1.82, 2.24) is 14.5 Å². The lowest BCUT2D eigenvalue weighted by Crippen LogP contribution is -2.24. The number of fused-ring (bicyclic) bond motifs is 2. The zero-order chi connectivity index (χ0) is 23.9. The molecule has 1 aliphatic heterocycles. The maximum atomic E-state index is 13.8. The van der Waals surface area contributed by atoms with Crippen molar-refractivity contribution in [2.24, 2.45) is 0 Å². The fourth-order valence-corrected chi connectivity index (χ4v) is 3.96. The first-order chi connectivity index (χ1) is 16.3. The van der Waals surface area contributed by atoms with Crippen molar-refractivity contribution in [2.45, 2.75) is 19.3 Å². The van der Waals surface area contributed by atoms with Crippen molar-refractivity contribution in [3.63, 3.8) is 0 Å². The number of aromatic nitrogens is 3. The van der Waals surface area contributed by atoms with Gasteiger partial charge in [0.05, 0.1) is 31.3 Å². The molecule has 0 atom stereocenters. The van der Waals surface area contributed by atoms with Crippen molar-refractivity contribution in [3.05, 3.63) is 70.8 Å². The van der Waals surface area contributed by atoms with Gasteiger partial charge in [-0.25, -0.2) is 18.7 Å². The third-order valence-corrected chi connectivity index (χ3v) is 5.64. The molecule has 174 valence electrons. The summed E-state index contributed by atoms with van der Waals surface area (Å²) in [5.41, 5.74) is 2.77. The quantitative estimate of drug-likeness (QED) is 0.454. The lowest BCUT2D eigenvalue weighted by molar-refractivity contribution is 0.0366. The molecule has 0 unspecified atom stereocenters. The minimum absolute atomic E-state index is 0.0237. The summed E-state index contributed by atoms with van der Waals surface area (Å²) in [4.78, 5) is 22.4. The molecule has 7 nitrogen and oxygen atoms in total. The van der Waals surface area contributed by atoms with E-state index in [0.717, 1.165) is 24.7 Å². The molecule has 0 amide bonds. The Morgan fingerprint density at radius 3 is 2.74 bits per heavy atom. The Hall–Kier alpha value is -4.01. The molecule has 34 heavy (non-hydrogen) atoms. The topological polar surface area (TPSA) is 78.3 Å². The number of ether oxygens (including phenoxy) is 2. The lowest BCUT2D eigenvalue weighted by Gasteiger charge is -2.15. The fourth-order valence-electron chi connectivity index (χ4n) is 3.96. The van der Waals surface area contributed by atoms with E-state index in [0.29, 0.717) is 40.1 Å². The molecule has 2 aromatic heterocycles. The summed E-state index contributed by atoms with van der Waals surface area (Å²) in [6.07, 6.45) is 3.97. The van der Waals surface area contributed by atoms with Crippen LogP contribution in [0.4, 0.5) is 14.7 Å². The van der Waals surface area contributed by atoms with Gasteiger partial charge in [-0.1, -0.05) is 12.1 Å². The molecule has 0 bridgehead atoms. The summed E-state index contributed by atoms with van der Waals surface area (Å²) >= 11 is 0. The summed E-state index contributed by atoms with van der Waals surface area (Å²) in [6.45, 7) is 0.803. The molecule has 5 rings (SSSR count). The standard InChI is InChI=1S/C25H22F2N4O3/c1-25(26,27)14-29-24-28-12-17-13-31(18-5-8-20-16(11-18)9-10-34-20)23(32)21(22(17)30-24)15-3-6-19(33-2)7-4-15/h3-8,11-13H,9-10,14H2,1-2H3,(H,29,30). The Bertz CT molecular complexity index is 1430. The molecule has 0 aliphatic carbocycles. The van der Waals surface area contributed by atoms with Crippen LogP contribution in [0.5, 0.6) is 11.5 Å². The number of nitrogens with one attached hydrogen (secondary N) is 1. The largest absolute Gasteiger partial charge is 0.497 e. The average molecular weight is 464 g/mol. The lowest BCUT2D eigenvalue weighted by atomic mass is 10.0. The average Bonchev–Trinajstić information content (AvgIpc) is 3.30. The minimum Gasteiger partial charge on any atom is -0.497 e. The number of methoxy groups -OCH3 is 1. The second kappa shape index (κ2) is 8.40. The molecule has 0 fully saturated rings. The van der Waals surface area contributed by atoms with Crippen molar-refractivity contribution in [1.29, 1.82) is 0 Å². The van der Waals surface area contributed by atoms with E-state index >= 15 is 0 Å². The summed E-state index contributed by atoms with van der Waals surface area (Å²) in [5.74, 6) is -1.45. The molecular formula is C25H22F2N4O3. The Balaban J connectivity index is 1.70. The molecule has 0 saturated carbocycles. The van der Waals surface area contributed by atoms with E-state index in [9.17, 15) is 13.6 Å². The molecule has 2 aromatic carbocycles. The van der Waals surface area contributed by atoms with Crippen LogP contribution in [0.3, 0.4) is 0 Å². The zero-order valence-electron chi connectivity index (χ0n) is 18.6. The van der Waals surface area contributed by atoms with Crippen LogP contribution in [0, 0.1) is 0 Å². The van der Waals surface area contributed by atoms with E-state index in [2.05, 4.69) is 15.3 Å². The molecule has 9 heteroatoms. The number of hydrogen-bond donors (Lipinski definition) is 1. The van der Waals surface area contributed by atoms with Gasteiger partial charge in [-0.3, -0.25) is 9.36 Å². The monoisotopic (exact) mass is 464 g/mol. The van der Waals surface area contributed by atoms with Gasteiger partial charge in [-0.15, -0.1) is 0 Å². The number of anilines is 1. The first kappa shape index (κ1) is 21.8. The molecule has 0 saturated heterocycles. The van der Waals surface area contributed by atoms with E-state index < -0.39 is 12.5 Å².